The zero-order chi connectivity index (χ0) is 17.6. The molecule has 0 bridgehead atoms. The van der Waals surface area contributed by atoms with Crippen molar-refractivity contribution in [2.75, 3.05) is 6.61 Å². The molecule has 0 aromatic heterocycles. The molecule has 1 N–H and O–H groups in total. The van der Waals surface area contributed by atoms with Gasteiger partial charge in [-0.2, -0.15) is 0 Å². The Morgan fingerprint density at radius 2 is 1.70 bits per heavy atom. The van der Waals surface area contributed by atoms with Gasteiger partial charge in [0.25, 0.3) is 0 Å². The number of carbonyl (C=O) groups excluding carboxylic acids is 3. The first-order valence-corrected chi connectivity index (χ1v) is 7.05. The van der Waals surface area contributed by atoms with Gasteiger partial charge in [-0.25, -0.2) is 0 Å². The van der Waals surface area contributed by atoms with Gasteiger partial charge in [0.05, 0.1) is 6.61 Å². The van der Waals surface area contributed by atoms with Crippen LogP contribution in [0.2, 0.25) is 0 Å². The Balaban J connectivity index is 2.91. The van der Waals surface area contributed by atoms with Gasteiger partial charge in [-0.3, -0.25) is 19.2 Å². The third-order valence-electron chi connectivity index (χ3n) is 3.09. The molecule has 0 aromatic carbocycles. The molecule has 0 saturated carbocycles. The fourth-order valence-corrected chi connectivity index (χ4v) is 2.34. The Labute approximate surface area is 132 Å². The lowest BCUT2D eigenvalue weighted by molar-refractivity contribution is -0.171. The summed E-state index contributed by atoms with van der Waals surface area (Å²) in [7, 11) is 0. The highest BCUT2D eigenvalue weighted by Gasteiger charge is 2.47. The lowest BCUT2D eigenvalue weighted by Crippen LogP contribution is -2.44. The predicted molar refractivity (Wildman–Crippen MR) is 73.3 cm³/mol. The van der Waals surface area contributed by atoms with Crippen LogP contribution in [0.1, 0.15) is 33.6 Å². The predicted octanol–water partition coefficient (Wildman–Crippen LogP) is 0.0451. The third-order valence-corrected chi connectivity index (χ3v) is 3.09. The smallest absolute Gasteiger partial charge is 0.303 e. The van der Waals surface area contributed by atoms with Gasteiger partial charge in [0.15, 0.2) is 12.2 Å². The maximum Gasteiger partial charge on any atom is 0.303 e. The number of carboxylic acids is 1. The van der Waals surface area contributed by atoms with Crippen molar-refractivity contribution >= 4 is 23.9 Å². The quantitative estimate of drug-likeness (QED) is 0.508. The van der Waals surface area contributed by atoms with Gasteiger partial charge in [0.1, 0.15) is 12.2 Å². The van der Waals surface area contributed by atoms with E-state index in [1.165, 1.54) is 20.8 Å². The second-order valence-corrected chi connectivity index (χ2v) is 5.10. The number of rotatable bonds is 7. The minimum atomic E-state index is -1.07. The van der Waals surface area contributed by atoms with Gasteiger partial charge < -0.3 is 24.1 Å². The number of ether oxygens (including phenoxy) is 4. The molecule has 0 amide bonds. The molecule has 1 rings (SSSR count). The number of esters is 3. The average Bonchev–Trinajstić information content (AvgIpc) is 2.75. The summed E-state index contributed by atoms with van der Waals surface area (Å²) < 4.78 is 20.7. The number of hydrogen-bond donors (Lipinski definition) is 1. The third kappa shape index (κ3) is 6.23. The molecule has 9 heteroatoms. The van der Waals surface area contributed by atoms with E-state index in [2.05, 4.69) is 0 Å². The second kappa shape index (κ2) is 8.47. The molecule has 23 heavy (non-hydrogen) atoms. The van der Waals surface area contributed by atoms with Gasteiger partial charge in [-0.05, 0) is 6.42 Å². The second-order valence-electron chi connectivity index (χ2n) is 5.10. The molecule has 0 radical (unpaired) electrons. The van der Waals surface area contributed by atoms with Crippen LogP contribution in [0.15, 0.2) is 0 Å². The van der Waals surface area contributed by atoms with Crippen LogP contribution in [0.25, 0.3) is 0 Å². The Morgan fingerprint density at radius 3 is 2.17 bits per heavy atom. The van der Waals surface area contributed by atoms with Crippen molar-refractivity contribution in [1.29, 1.82) is 0 Å². The summed E-state index contributed by atoms with van der Waals surface area (Å²) in [5, 5.41) is 8.79. The van der Waals surface area contributed by atoms with Crippen LogP contribution < -0.4 is 0 Å². The Kier molecular flexibility index (Phi) is 6.95. The highest BCUT2D eigenvalue weighted by atomic mass is 16.6. The average molecular weight is 332 g/mol. The SMILES string of the molecule is CC(=O)O[C@H]1[C@@H]([C@@H](CCC(=O)O)OC(C)=O)OC[C@@H]1OC(C)=O. The summed E-state index contributed by atoms with van der Waals surface area (Å²) >= 11 is 0. The molecule has 130 valence electrons. The van der Waals surface area contributed by atoms with Gasteiger partial charge in [-0.15, -0.1) is 0 Å². The largest absolute Gasteiger partial charge is 0.481 e. The van der Waals surface area contributed by atoms with E-state index in [1.807, 2.05) is 0 Å². The monoisotopic (exact) mass is 332 g/mol. The summed E-state index contributed by atoms with van der Waals surface area (Å²) in [4.78, 5) is 44.3. The lowest BCUT2D eigenvalue weighted by atomic mass is 10.0. The van der Waals surface area contributed by atoms with Crippen LogP contribution in [0.3, 0.4) is 0 Å². The van der Waals surface area contributed by atoms with E-state index in [4.69, 9.17) is 24.1 Å². The first kappa shape index (κ1) is 18.9. The fraction of sp³-hybridized carbons (Fsp3) is 0.714. The summed E-state index contributed by atoms with van der Waals surface area (Å²) in [6.07, 6.45) is -3.95. The molecule has 1 aliphatic heterocycles. The van der Waals surface area contributed by atoms with Crippen molar-refractivity contribution in [3.63, 3.8) is 0 Å². The molecule has 0 aliphatic carbocycles. The Bertz CT molecular complexity index is 473. The van der Waals surface area contributed by atoms with Crippen molar-refractivity contribution in [2.45, 2.75) is 58.0 Å². The summed E-state index contributed by atoms with van der Waals surface area (Å²) in [5.74, 6) is -2.89. The van der Waals surface area contributed by atoms with Crippen LogP contribution in [0.4, 0.5) is 0 Å². The number of hydrogen-bond acceptors (Lipinski definition) is 8. The highest BCUT2D eigenvalue weighted by Crippen LogP contribution is 2.27. The molecule has 0 aromatic rings. The van der Waals surface area contributed by atoms with Crippen LogP contribution >= 0.6 is 0 Å². The van der Waals surface area contributed by atoms with Gasteiger partial charge in [0.2, 0.25) is 0 Å². The molecule has 1 fully saturated rings. The topological polar surface area (TPSA) is 125 Å². The minimum absolute atomic E-state index is 0.0237. The van der Waals surface area contributed by atoms with Crippen molar-refractivity contribution < 1.29 is 43.2 Å². The molecule has 1 saturated heterocycles. The van der Waals surface area contributed by atoms with E-state index < -0.39 is 48.3 Å². The normalized spacial score (nSPS) is 24.6. The van der Waals surface area contributed by atoms with Crippen molar-refractivity contribution in [3.8, 4) is 0 Å². The van der Waals surface area contributed by atoms with Gasteiger partial charge >= 0.3 is 23.9 Å². The summed E-state index contributed by atoms with van der Waals surface area (Å²) in [6.45, 7) is 3.50. The molecule has 1 heterocycles. The van der Waals surface area contributed by atoms with Gasteiger partial charge in [0, 0.05) is 27.2 Å². The van der Waals surface area contributed by atoms with Crippen LogP contribution in [0.5, 0.6) is 0 Å². The Morgan fingerprint density at radius 1 is 1.09 bits per heavy atom. The van der Waals surface area contributed by atoms with Crippen LogP contribution in [0, 0.1) is 0 Å². The molecule has 9 nitrogen and oxygen atoms in total. The molecule has 4 atom stereocenters. The number of carbonyl (C=O) groups is 4. The van der Waals surface area contributed by atoms with Crippen LogP contribution in [-0.4, -0.2) is 60.0 Å². The van der Waals surface area contributed by atoms with E-state index in [0.29, 0.717) is 0 Å². The lowest BCUT2D eigenvalue weighted by Gasteiger charge is -2.27. The first-order valence-electron chi connectivity index (χ1n) is 7.05. The van der Waals surface area contributed by atoms with E-state index >= 15 is 0 Å². The van der Waals surface area contributed by atoms with Crippen LogP contribution in [-0.2, 0) is 38.1 Å². The van der Waals surface area contributed by atoms with Crippen molar-refractivity contribution in [2.24, 2.45) is 0 Å². The molecule has 0 spiro atoms. The Hall–Kier alpha value is -2.16. The van der Waals surface area contributed by atoms with E-state index in [1.54, 1.807) is 0 Å². The van der Waals surface area contributed by atoms with E-state index in [9.17, 15) is 19.2 Å². The van der Waals surface area contributed by atoms with Crippen molar-refractivity contribution in [3.05, 3.63) is 0 Å². The highest BCUT2D eigenvalue weighted by molar-refractivity contribution is 5.68. The molecule has 0 unspecified atom stereocenters. The number of carboxylic acid groups (broad SMARTS) is 1. The van der Waals surface area contributed by atoms with E-state index in [0.717, 1.165) is 0 Å². The minimum Gasteiger partial charge on any atom is -0.481 e. The van der Waals surface area contributed by atoms with E-state index in [-0.39, 0.29) is 19.4 Å². The van der Waals surface area contributed by atoms with Crippen molar-refractivity contribution in [1.82, 2.24) is 0 Å². The number of aliphatic carboxylic acids is 1. The summed E-state index contributed by atoms with van der Waals surface area (Å²) in [5.41, 5.74) is 0. The molecule has 1 aliphatic rings. The summed E-state index contributed by atoms with van der Waals surface area (Å²) in [6, 6.07) is 0. The van der Waals surface area contributed by atoms with Gasteiger partial charge in [-0.1, -0.05) is 0 Å². The molecular weight excluding hydrogens is 312 g/mol. The maximum absolute atomic E-state index is 11.3. The fourth-order valence-electron chi connectivity index (χ4n) is 2.34. The maximum atomic E-state index is 11.3. The zero-order valence-corrected chi connectivity index (χ0v) is 13.1. The first-order chi connectivity index (χ1) is 10.7. The zero-order valence-electron chi connectivity index (χ0n) is 13.1. The standard InChI is InChI=1S/C14H20O9/c1-7(15)21-10(4-5-12(18)19)13-14(23-9(3)17)11(6-20-13)22-8(2)16/h10-11,13-14H,4-6H2,1-3H3,(H,18,19)/t10-,11+,13-,14-/m1/s1. The molecular formula is C14H20O9.